The van der Waals surface area contributed by atoms with Gasteiger partial charge in [0.05, 0.1) is 12.2 Å². The van der Waals surface area contributed by atoms with Crippen molar-refractivity contribution in [3.8, 4) is 11.5 Å². The molecule has 1 aromatic carbocycles. The van der Waals surface area contributed by atoms with Gasteiger partial charge < -0.3 is 24.4 Å². The summed E-state index contributed by atoms with van der Waals surface area (Å²) >= 11 is 0. The normalized spacial score (nSPS) is 30.3. The van der Waals surface area contributed by atoms with Crippen LogP contribution in [0.2, 0.25) is 0 Å². The van der Waals surface area contributed by atoms with Gasteiger partial charge in [0.25, 0.3) is 0 Å². The molecule has 0 unspecified atom stereocenters. The number of ether oxygens (including phenoxy) is 3. The van der Waals surface area contributed by atoms with Crippen LogP contribution in [0.1, 0.15) is 216 Å². The van der Waals surface area contributed by atoms with Crippen molar-refractivity contribution in [2.24, 2.45) is 34.5 Å². The van der Waals surface area contributed by atoms with Gasteiger partial charge in [-0.15, -0.1) is 0 Å². The molecule has 6 rings (SSSR count). The number of benzene rings is 1. The lowest BCUT2D eigenvalue weighted by Gasteiger charge is -2.41. The highest BCUT2D eigenvalue weighted by molar-refractivity contribution is 5.61. The molecule has 1 saturated heterocycles. The smallest absolute Gasteiger partial charge is 0.127 e. The van der Waals surface area contributed by atoms with Gasteiger partial charge in [0.1, 0.15) is 34.4 Å². The van der Waals surface area contributed by atoms with E-state index in [1.807, 2.05) is 0 Å². The van der Waals surface area contributed by atoms with Crippen molar-refractivity contribution < 1.29 is 24.4 Å². The zero-order chi connectivity index (χ0) is 54.4. The molecule has 0 radical (unpaired) electrons. The molecule has 9 atom stereocenters. The summed E-state index contributed by atoms with van der Waals surface area (Å²) in [5, 5.41) is 21.0. The van der Waals surface area contributed by atoms with E-state index in [0.29, 0.717) is 6.42 Å². The second kappa shape index (κ2) is 24.8. The lowest BCUT2D eigenvalue weighted by atomic mass is 9.63. The predicted octanol–water partition coefficient (Wildman–Crippen LogP) is 18.0. The molecule has 1 aromatic rings. The minimum atomic E-state index is -0.382. The van der Waals surface area contributed by atoms with Crippen LogP contribution < -0.4 is 9.47 Å². The van der Waals surface area contributed by atoms with Crippen LogP contribution in [0, 0.1) is 48.3 Å². The van der Waals surface area contributed by atoms with E-state index in [2.05, 4.69) is 191 Å². The topological polar surface area (TPSA) is 71.5 Å². The van der Waals surface area contributed by atoms with Gasteiger partial charge in [-0.3, -0.25) is 0 Å². The van der Waals surface area contributed by atoms with Crippen LogP contribution in [0.25, 0.3) is 0 Å². The van der Waals surface area contributed by atoms with Crippen LogP contribution in [-0.4, -0.2) is 45.3 Å². The average molecular weight is 1010 g/mol. The third-order valence-electron chi connectivity index (χ3n) is 18.3. The van der Waals surface area contributed by atoms with Crippen LogP contribution in [0.5, 0.6) is 11.5 Å². The van der Waals surface area contributed by atoms with Gasteiger partial charge >= 0.3 is 0 Å². The third kappa shape index (κ3) is 14.7. The Bertz CT molecular complexity index is 2410. The maximum Gasteiger partial charge on any atom is 0.127 e. The van der Waals surface area contributed by atoms with Crippen molar-refractivity contribution in [1.82, 2.24) is 0 Å². The fourth-order valence-electron chi connectivity index (χ4n) is 13.7. The summed E-state index contributed by atoms with van der Waals surface area (Å²) in [4.78, 5) is 0. The number of hydrogen-bond acceptors (Lipinski definition) is 5. The van der Waals surface area contributed by atoms with E-state index in [9.17, 15) is 10.2 Å². The summed E-state index contributed by atoms with van der Waals surface area (Å²) in [5.41, 5.74) is 11.4. The largest absolute Gasteiger partial charge is 0.487 e. The highest BCUT2D eigenvalue weighted by atomic mass is 16.6. The monoisotopic (exact) mass is 1010 g/mol. The Balaban J connectivity index is 1.17. The Labute approximate surface area is 452 Å². The molecule has 2 fully saturated rings. The standard InChI is InChI=1S/C69H104O5/c1-46(2)24-20-26-48(4)28-21-29-49(5)31-23-37-67(16)38-36-59-60-42-56(40-51(7)35-39-69-66(14,15)44-58(71)45-68(69,17)74-69)62(72-63(60)54(10)55(11)64(59)73-67)52(8)32-19-18-25-47(3)27-22-30-50(6)33-34-61-53(9)41-57(70)43-65(61,12)13/h18-19,22,25,27,30,32-35,39-40,46,48-49,56-58,62,70-71H,20-21,23-24,26,28-29,31,36-38,41-45H2,1-17H3/t48-,49-,56+,57-,58+,62-,67-,68-,69+/m1/s1. The molecular weight excluding hydrogens is 909 g/mol. The molecular formula is C69H104O5. The van der Waals surface area contributed by atoms with Crippen molar-refractivity contribution in [3.63, 3.8) is 0 Å². The first-order valence-electron chi connectivity index (χ1n) is 29.4. The number of fused-ring (bicyclic) bond motifs is 4. The Morgan fingerprint density at radius 1 is 0.662 bits per heavy atom. The number of epoxide rings is 1. The zero-order valence-corrected chi connectivity index (χ0v) is 49.9. The van der Waals surface area contributed by atoms with Crippen molar-refractivity contribution >= 4 is 0 Å². The summed E-state index contributed by atoms with van der Waals surface area (Å²) in [6.07, 6.45) is 43.5. The first kappa shape index (κ1) is 59.6. The number of hydrogen-bond donors (Lipinski definition) is 2. The number of aliphatic hydroxyl groups is 2. The van der Waals surface area contributed by atoms with Crippen molar-refractivity contribution in [2.75, 3.05) is 0 Å². The van der Waals surface area contributed by atoms with Crippen LogP contribution in [-0.2, 0) is 17.6 Å². The van der Waals surface area contributed by atoms with Crippen molar-refractivity contribution in [2.45, 2.75) is 256 Å². The summed E-state index contributed by atoms with van der Waals surface area (Å²) in [6, 6.07) is 0. The fraction of sp³-hybridized carbons (Fsp3) is 0.652. The van der Waals surface area contributed by atoms with Crippen molar-refractivity contribution in [3.05, 3.63) is 129 Å². The molecule has 0 amide bonds. The van der Waals surface area contributed by atoms with Gasteiger partial charge in [-0.25, -0.2) is 0 Å². The van der Waals surface area contributed by atoms with E-state index in [1.54, 1.807) is 0 Å². The van der Waals surface area contributed by atoms with Gasteiger partial charge in [-0.05, 0) is 165 Å². The van der Waals surface area contributed by atoms with E-state index in [4.69, 9.17) is 14.2 Å². The first-order chi connectivity index (χ1) is 34.7. The van der Waals surface area contributed by atoms with Gasteiger partial charge in [-0.2, -0.15) is 0 Å². The van der Waals surface area contributed by atoms with Gasteiger partial charge in [0.15, 0.2) is 0 Å². The quantitative estimate of drug-likeness (QED) is 0.0894. The Kier molecular flexibility index (Phi) is 20.0. The minimum Gasteiger partial charge on any atom is -0.487 e. The average Bonchev–Trinajstić information content (AvgIpc) is 3.93. The lowest BCUT2D eigenvalue weighted by molar-refractivity contribution is 0.0502. The molecule has 2 aliphatic carbocycles. The van der Waals surface area contributed by atoms with Gasteiger partial charge in [0.2, 0.25) is 0 Å². The van der Waals surface area contributed by atoms with Gasteiger partial charge in [-0.1, -0.05) is 189 Å². The fourth-order valence-corrected chi connectivity index (χ4v) is 13.7. The highest BCUT2D eigenvalue weighted by Crippen LogP contribution is 2.66. The molecule has 2 N–H and O–H groups in total. The first-order valence-corrected chi connectivity index (χ1v) is 29.4. The molecule has 3 heterocycles. The maximum atomic E-state index is 10.7. The summed E-state index contributed by atoms with van der Waals surface area (Å²) in [6.45, 7) is 38.4. The molecule has 3 aliphatic heterocycles. The number of aliphatic hydroxyl groups excluding tert-OH is 2. The van der Waals surface area contributed by atoms with E-state index in [-0.39, 0.29) is 51.9 Å². The zero-order valence-electron chi connectivity index (χ0n) is 49.9. The van der Waals surface area contributed by atoms with E-state index in [1.165, 1.54) is 107 Å². The van der Waals surface area contributed by atoms with E-state index >= 15 is 0 Å². The molecule has 74 heavy (non-hydrogen) atoms. The molecule has 1 saturated carbocycles. The van der Waals surface area contributed by atoms with Gasteiger partial charge in [0, 0.05) is 28.9 Å². The van der Waals surface area contributed by atoms with Crippen LogP contribution in [0.3, 0.4) is 0 Å². The Morgan fingerprint density at radius 2 is 1.28 bits per heavy atom. The van der Waals surface area contributed by atoms with Crippen LogP contribution >= 0.6 is 0 Å². The number of rotatable bonds is 22. The molecule has 0 aromatic heterocycles. The molecule has 0 spiro atoms. The highest BCUT2D eigenvalue weighted by Gasteiger charge is 2.74. The SMILES string of the molecule is CC(C=CC=C(C)C=CC1=C(C)C[C@@H](O)CC1(C)C)=CC=CC=C(C)[C@H]1Oc2c(C)c(C)c3c(c2C[C@@H]1C=C(C)C=C[C@@]12O[C@]1(C)C[C@@H](O)CC2(C)C)CC[C@@](C)(CCC[C@H](C)CCC[C@H](C)CCCC(C)C)O3. The minimum absolute atomic E-state index is 0.0268. The Morgan fingerprint density at radius 3 is 1.95 bits per heavy atom. The predicted molar refractivity (Wildman–Crippen MR) is 314 cm³/mol. The molecule has 5 aliphatic rings. The number of allylic oxidation sites excluding steroid dienone is 14. The third-order valence-corrected chi connectivity index (χ3v) is 18.3. The lowest BCUT2D eigenvalue weighted by Crippen LogP contribution is -2.46. The van der Waals surface area contributed by atoms with E-state index in [0.717, 1.165) is 74.2 Å². The molecule has 410 valence electrons. The second-order valence-electron chi connectivity index (χ2n) is 26.9. The van der Waals surface area contributed by atoms with Crippen LogP contribution in [0.15, 0.2) is 106 Å². The summed E-state index contributed by atoms with van der Waals surface area (Å²) in [5.74, 6) is 4.69. The van der Waals surface area contributed by atoms with E-state index < -0.39 is 0 Å². The molecule has 5 nitrogen and oxygen atoms in total. The maximum absolute atomic E-state index is 10.7. The summed E-state index contributed by atoms with van der Waals surface area (Å²) in [7, 11) is 0. The second-order valence-corrected chi connectivity index (χ2v) is 26.9. The molecule has 0 bridgehead atoms. The molecule has 5 heteroatoms. The Hall–Kier alpha value is -3.64. The summed E-state index contributed by atoms with van der Waals surface area (Å²) < 4.78 is 21.1. The van der Waals surface area contributed by atoms with Crippen molar-refractivity contribution in [1.29, 1.82) is 0 Å². The van der Waals surface area contributed by atoms with Crippen LogP contribution in [0.4, 0.5) is 0 Å².